The number of benzene rings is 2. The summed E-state index contributed by atoms with van der Waals surface area (Å²) in [6.45, 7) is 4.04. The van der Waals surface area contributed by atoms with Crippen molar-refractivity contribution < 1.29 is 31.1 Å². The summed E-state index contributed by atoms with van der Waals surface area (Å²) in [4.78, 5) is 10.1. The fourth-order valence-corrected chi connectivity index (χ4v) is 6.00. The molecule has 0 unspecified atom stereocenters. The molecule has 4 aromatic rings. The van der Waals surface area contributed by atoms with Crippen LogP contribution in [-0.4, -0.2) is 59.8 Å². The number of anilines is 1. The van der Waals surface area contributed by atoms with E-state index in [0.717, 1.165) is 37.7 Å². The Labute approximate surface area is 253 Å². The van der Waals surface area contributed by atoms with Crippen molar-refractivity contribution >= 4 is 16.0 Å². The van der Waals surface area contributed by atoms with E-state index in [2.05, 4.69) is 31.7 Å². The number of nitrogens with one attached hydrogen (secondary N) is 1. The number of hydrogen-bond acceptors (Lipinski definition) is 8. The predicted molar refractivity (Wildman–Crippen MR) is 158 cm³/mol. The van der Waals surface area contributed by atoms with Crippen LogP contribution in [0, 0.1) is 0 Å². The maximum absolute atomic E-state index is 14.8. The van der Waals surface area contributed by atoms with Gasteiger partial charge in [-0.25, -0.2) is 18.1 Å². The first-order valence-corrected chi connectivity index (χ1v) is 15.6. The fraction of sp³-hybridized carbons (Fsp3) is 0.367. The summed E-state index contributed by atoms with van der Waals surface area (Å²) < 4.78 is 85.4. The molecule has 0 radical (unpaired) electrons. The summed E-state index contributed by atoms with van der Waals surface area (Å²) in [5.41, 5.74) is -0.206. The van der Waals surface area contributed by atoms with E-state index >= 15 is 0 Å². The lowest BCUT2D eigenvalue weighted by atomic mass is 9.90. The van der Waals surface area contributed by atoms with Gasteiger partial charge in [0.05, 0.1) is 18.5 Å². The second-order valence-electron chi connectivity index (χ2n) is 10.6. The summed E-state index contributed by atoms with van der Waals surface area (Å²) in [5, 5.41) is 3.86. The van der Waals surface area contributed by atoms with Gasteiger partial charge in [-0.2, -0.15) is 23.3 Å². The van der Waals surface area contributed by atoms with Crippen molar-refractivity contribution in [2.24, 2.45) is 7.05 Å². The molecule has 44 heavy (non-hydrogen) atoms. The van der Waals surface area contributed by atoms with E-state index in [1.54, 1.807) is 37.3 Å². The largest absolute Gasteiger partial charge is 0.438 e. The number of alkyl halides is 3. The molecule has 0 atom stereocenters. The minimum absolute atomic E-state index is 0.0132. The Morgan fingerprint density at radius 1 is 1.02 bits per heavy atom. The van der Waals surface area contributed by atoms with Crippen molar-refractivity contribution in [1.29, 1.82) is 0 Å². The van der Waals surface area contributed by atoms with E-state index in [-0.39, 0.29) is 22.8 Å². The van der Waals surface area contributed by atoms with Crippen LogP contribution in [0.25, 0.3) is 11.3 Å². The zero-order valence-corrected chi connectivity index (χ0v) is 25.3. The molecule has 1 N–H and O–H groups in total. The fourth-order valence-electron chi connectivity index (χ4n) is 5.08. The molecular formula is C30H33F3N6O4S. The molecule has 2 aromatic heterocycles. The van der Waals surface area contributed by atoms with Gasteiger partial charge in [0.1, 0.15) is 16.2 Å². The molecule has 1 aliphatic rings. The molecule has 0 bridgehead atoms. The van der Waals surface area contributed by atoms with Crippen molar-refractivity contribution in [1.82, 2.24) is 24.6 Å². The number of rotatable bonds is 10. The van der Waals surface area contributed by atoms with Crippen molar-refractivity contribution in [2.45, 2.75) is 43.4 Å². The second-order valence-corrected chi connectivity index (χ2v) is 12.3. The van der Waals surface area contributed by atoms with Crippen LogP contribution in [0.5, 0.6) is 11.6 Å². The number of ether oxygens (including phenoxy) is 2. The van der Waals surface area contributed by atoms with Gasteiger partial charge < -0.3 is 14.4 Å². The standard InChI is InChI=1S/C30H33F3N6O4S/c1-4-42-19-22-7-5-6-8-25(22)27-26(30(31,32)33)28(36-29(35-27)37-44(40,41)24-17-34-39(3)18-24)43-23-11-9-20(10-12-23)21-13-15-38(2)16-14-21/h5-12,17-18,21H,4,13-16,19H2,1-3H3,(H,35,36,37). The van der Waals surface area contributed by atoms with Crippen LogP contribution in [0.3, 0.4) is 0 Å². The van der Waals surface area contributed by atoms with Crippen LogP contribution < -0.4 is 9.46 Å². The molecule has 0 saturated carbocycles. The Balaban J connectivity index is 1.60. The van der Waals surface area contributed by atoms with E-state index in [1.165, 1.54) is 24.0 Å². The third-order valence-corrected chi connectivity index (χ3v) is 8.68. The van der Waals surface area contributed by atoms with E-state index < -0.39 is 39.3 Å². The SMILES string of the molecule is CCOCc1ccccc1-c1nc(NS(=O)(=O)c2cnn(C)c2)nc(Oc2ccc(C3CCN(C)CC3)cc2)c1C(F)(F)F. The maximum Gasteiger partial charge on any atom is 0.423 e. The van der Waals surface area contributed by atoms with Gasteiger partial charge in [-0.15, -0.1) is 0 Å². The van der Waals surface area contributed by atoms with Crippen LogP contribution in [0.15, 0.2) is 65.8 Å². The van der Waals surface area contributed by atoms with E-state index in [0.29, 0.717) is 18.1 Å². The van der Waals surface area contributed by atoms with Crippen molar-refractivity contribution in [2.75, 3.05) is 31.5 Å². The zero-order chi connectivity index (χ0) is 31.5. The van der Waals surface area contributed by atoms with Gasteiger partial charge >= 0.3 is 6.18 Å². The Bertz CT molecular complexity index is 1700. The highest BCUT2D eigenvalue weighted by molar-refractivity contribution is 7.92. The Morgan fingerprint density at radius 2 is 1.73 bits per heavy atom. The Morgan fingerprint density at radius 3 is 2.36 bits per heavy atom. The van der Waals surface area contributed by atoms with Gasteiger partial charge in [0.15, 0.2) is 0 Å². The number of halogens is 3. The molecule has 0 spiro atoms. The molecule has 234 valence electrons. The van der Waals surface area contributed by atoms with E-state index in [9.17, 15) is 21.6 Å². The third-order valence-electron chi connectivity index (χ3n) is 7.40. The van der Waals surface area contributed by atoms with Crippen molar-refractivity contribution in [3.63, 3.8) is 0 Å². The topological polar surface area (TPSA) is 111 Å². The maximum atomic E-state index is 14.8. The number of hydrogen-bond donors (Lipinski definition) is 1. The monoisotopic (exact) mass is 630 g/mol. The molecule has 1 fully saturated rings. The van der Waals surface area contributed by atoms with E-state index in [4.69, 9.17) is 9.47 Å². The Kier molecular flexibility index (Phi) is 9.23. The average molecular weight is 631 g/mol. The zero-order valence-electron chi connectivity index (χ0n) is 24.5. The second kappa shape index (κ2) is 12.9. The van der Waals surface area contributed by atoms with E-state index in [1.807, 2.05) is 12.1 Å². The summed E-state index contributed by atoms with van der Waals surface area (Å²) in [5.74, 6) is -0.988. The predicted octanol–water partition coefficient (Wildman–Crippen LogP) is 5.83. The number of aromatic nitrogens is 4. The number of aryl methyl sites for hydroxylation is 1. The van der Waals surface area contributed by atoms with Crippen LogP contribution in [0.2, 0.25) is 0 Å². The molecule has 10 nitrogen and oxygen atoms in total. The molecule has 1 saturated heterocycles. The highest BCUT2D eigenvalue weighted by Gasteiger charge is 2.41. The molecule has 0 amide bonds. The first kappa shape index (κ1) is 31.4. The van der Waals surface area contributed by atoms with Gasteiger partial charge in [-0.05, 0) is 69.1 Å². The smallest absolute Gasteiger partial charge is 0.423 e. The molecule has 2 aromatic carbocycles. The first-order valence-electron chi connectivity index (χ1n) is 14.1. The van der Waals surface area contributed by atoms with Crippen molar-refractivity contribution in [3.8, 4) is 22.9 Å². The molecule has 14 heteroatoms. The van der Waals surface area contributed by atoms with Crippen LogP contribution in [0.1, 0.15) is 42.4 Å². The normalized spacial score (nSPS) is 15.0. The highest BCUT2D eigenvalue weighted by Crippen LogP contribution is 2.44. The summed E-state index contributed by atoms with van der Waals surface area (Å²) in [7, 11) is -0.695. The first-order chi connectivity index (χ1) is 20.9. The molecule has 5 rings (SSSR count). The number of sulfonamides is 1. The number of piperidine rings is 1. The molecular weight excluding hydrogens is 597 g/mol. The quantitative estimate of drug-likeness (QED) is 0.233. The van der Waals surface area contributed by atoms with Gasteiger partial charge in [-0.1, -0.05) is 36.4 Å². The average Bonchev–Trinajstić information content (AvgIpc) is 3.43. The summed E-state index contributed by atoms with van der Waals surface area (Å²) in [6, 6.07) is 13.2. The Hall–Kier alpha value is -4.01. The highest BCUT2D eigenvalue weighted by atomic mass is 32.2. The van der Waals surface area contributed by atoms with Gasteiger partial charge in [0.2, 0.25) is 11.8 Å². The van der Waals surface area contributed by atoms with Crippen LogP contribution in [0.4, 0.5) is 19.1 Å². The molecule has 3 heterocycles. The number of nitrogens with zero attached hydrogens (tertiary/aromatic N) is 5. The lowest BCUT2D eigenvalue weighted by Gasteiger charge is -2.29. The minimum atomic E-state index is -4.96. The van der Waals surface area contributed by atoms with Gasteiger partial charge in [0.25, 0.3) is 10.0 Å². The third kappa shape index (κ3) is 7.20. The molecule has 0 aliphatic carbocycles. The summed E-state index contributed by atoms with van der Waals surface area (Å²) >= 11 is 0. The summed E-state index contributed by atoms with van der Waals surface area (Å²) in [6.07, 6.45) is -0.655. The van der Waals surface area contributed by atoms with Crippen LogP contribution in [-0.2, 0) is 34.6 Å². The lowest BCUT2D eigenvalue weighted by molar-refractivity contribution is -0.138. The number of likely N-dealkylation sites (tertiary alicyclic amines) is 1. The van der Waals surface area contributed by atoms with Gasteiger partial charge in [0, 0.05) is 25.4 Å². The van der Waals surface area contributed by atoms with Crippen molar-refractivity contribution in [3.05, 3.63) is 77.6 Å². The minimum Gasteiger partial charge on any atom is -0.438 e. The molecule has 1 aliphatic heterocycles. The van der Waals surface area contributed by atoms with Gasteiger partial charge in [-0.3, -0.25) is 4.68 Å². The van der Waals surface area contributed by atoms with Crippen LogP contribution >= 0.6 is 0 Å². The lowest BCUT2D eigenvalue weighted by Crippen LogP contribution is -2.29.